The molecule has 7 rings (SSSR count). The Morgan fingerprint density at radius 2 is 1.71 bits per heavy atom. The van der Waals surface area contributed by atoms with Crippen molar-refractivity contribution in [3.8, 4) is 22.8 Å². The summed E-state index contributed by atoms with van der Waals surface area (Å²) in [5, 5.41) is 7.48. The summed E-state index contributed by atoms with van der Waals surface area (Å²) in [4.78, 5) is 4.95. The smallest absolute Gasteiger partial charge is 0.140 e. The fraction of sp³-hybridized carbons (Fsp3) is 0.361. The van der Waals surface area contributed by atoms with Crippen molar-refractivity contribution in [1.29, 1.82) is 0 Å². The van der Waals surface area contributed by atoms with E-state index in [0.29, 0.717) is 17.3 Å². The largest absolute Gasteiger partial charge is 0.456 e. The normalized spacial score (nSPS) is 16.8. The third kappa shape index (κ3) is 3.80. The highest BCUT2D eigenvalue weighted by molar-refractivity contribution is 6.16. The van der Waals surface area contributed by atoms with Crippen LogP contribution in [0, 0.1) is 18.3 Å². The van der Waals surface area contributed by atoms with Gasteiger partial charge in [-0.25, -0.2) is 0 Å². The van der Waals surface area contributed by atoms with Gasteiger partial charge in [0.2, 0.25) is 0 Å². The molecule has 1 fully saturated rings. The molecule has 0 saturated heterocycles. The maximum atomic E-state index is 6.72. The first kappa shape index (κ1) is 23.7. The Hall–Kier alpha value is -3.39. The van der Waals surface area contributed by atoms with Gasteiger partial charge in [0, 0.05) is 17.3 Å². The standard InChI is InChI=1S/C36H37NO/c1-21(2)16-23-6-9-28-22(3)35-31(19-27(28)17-23)34-33-29(12-15-37-34)30-18-25(7-8-26(30)20-32(33)38-35)24-10-13-36(4,5)14-11-24/h6-9,12,15,17-21,24H,10-11,13-14,16H2,1-5H3. The summed E-state index contributed by atoms with van der Waals surface area (Å²) in [5.74, 6) is 3.16. The Morgan fingerprint density at radius 3 is 2.50 bits per heavy atom. The molecule has 0 atom stereocenters. The van der Waals surface area contributed by atoms with Crippen LogP contribution in [0.25, 0.3) is 43.6 Å². The number of rotatable bonds is 3. The molecule has 2 nitrogen and oxygen atoms in total. The first-order valence-corrected chi connectivity index (χ1v) is 14.4. The van der Waals surface area contributed by atoms with E-state index in [0.717, 1.165) is 34.6 Å². The van der Waals surface area contributed by atoms with Crippen LogP contribution in [-0.4, -0.2) is 4.98 Å². The second-order valence-corrected chi connectivity index (χ2v) is 13.0. The zero-order valence-corrected chi connectivity index (χ0v) is 23.3. The molecule has 2 aliphatic rings. The molecule has 2 heteroatoms. The minimum Gasteiger partial charge on any atom is -0.456 e. The van der Waals surface area contributed by atoms with E-state index in [1.54, 1.807) is 0 Å². The number of fused-ring (bicyclic) bond motifs is 5. The molecule has 1 aromatic heterocycles. The second kappa shape index (κ2) is 8.56. The molecule has 0 bridgehead atoms. The Labute approximate surface area is 226 Å². The van der Waals surface area contributed by atoms with Crippen LogP contribution in [0.2, 0.25) is 0 Å². The predicted octanol–water partition coefficient (Wildman–Crippen LogP) is 10.5. The highest BCUT2D eigenvalue weighted by atomic mass is 16.5. The fourth-order valence-corrected chi connectivity index (χ4v) is 6.99. The summed E-state index contributed by atoms with van der Waals surface area (Å²) in [5.41, 5.74) is 6.70. The van der Waals surface area contributed by atoms with Crippen molar-refractivity contribution in [2.45, 2.75) is 72.6 Å². The Kier molecular flexibility index (Phi) is 5.34. The highest BCUT2D eigenvalue weighted by Gasteiger charge is 2.29. The zero-order chi connectivity index (χ0) is 26.2. The number of benzene rings is 4. The van der Waals surface area contributed by atoms with Crippen molar-refractivity contribution < 1.29 is 4.74 Å². The van der Waals surface area contributed by atoms with Crippen LogP contribution in [0.3, 0.4) is 0 Å². The van der Waals surface area contributed by atoms with E-state index >= 15 is 0 Å². The van der Waals surface area contributed by atoms with E-state index < -0.39 is 0 Å². The van der Waals surface area contributed by atoms with Crippen LogP contribution in [0.1, 0.15) is 76.0 Å². The van der Waals surface area contributed by atoms with E-state index in [1.807, 2.05) is 6.20 Å². The average Bonchev–Trinajstić information content (AvgIpc) is 2.89. The molecule has 0 N–H and O–H groups in total. The molecule has 0 radical (unpaired) electrons. The van der Waals surface area contributed by atoms with Crippen molar-refractivity contribution in [3.05, 3.63) is 77.5 Å². The Bertz CT molecular complexity index is 1730. The molecule has 1 aliphatic heterocycles. The Morgan fingerprint density at radius 1 is 0.895 bits per heavy atom. The molecule has 38 heavy (non-hydrogen) atoms. The maximum absolute atomic E-state index is 6.72. The Balaban J connectivity index is 1.40. The molecule has 192 valence electrons. The van der Waals surface area contributed by atoms with E-state index in [-0.39, 0.29) is 0 Å². The van der Waals surface area contributed by atoms with Gasteiger partial charge in [0.25, 0.3) is 0 Å². The number of hydrogen-bond donors (Lipinski definition) is 0. The van der Waals surface area contributed by atoms with Gasteiger partial charge in [-0.05, 0) is 113 Å². The van der Waals surface area contributed by atoms with E-state index in [9.17, 15) is 0 Å². The van der Waals surface area contributed by atoms with Crippen molar-refractivity contribution in [2.75, 3.05) is 0 Å². The van der Waals surface area contributed by atoms with Crippen LogP contribution >= 0.6 is 0 Å². The molecule has 2 heterocycles. The number of nitrogens with zero attached hydrogens (tertiary/aromatic N) is 1. The van der Waals surface area contributed by atoms with Gasteiger partial charge in [-0.1, -0.05) is 64.1 Å². The summed E-state index contributed by atoms with van der Waals surface area (Å²) in [6.45, 7) is 11.6. The lowest BCUT2D eigenvalue weighted by Gasteiger charge is -2.34. The summed E-state index contributed by atoms with van der Waals surface area (Å²) in [6.07, 6.45) is 8.25. The molecule has 5 aromatic rings. The molecule has 0 spiro atoms. The van der Waals surface area contributed by atoms with Gasteiger partial charge in [-0.3, -0.25) is 4.98 Å². The highest BCUT2D eigenvalue weighted by Crippen LogP contribution is 2.51. The topological polar surface area (TPSA) is 22.1 Å². The summed E-state index contributed by atoms with van der Waals surface area (Å²) < 4.78 is 6.72. The third-order valence-electron chi connectivity index (χ3n) is 9.18. The molecule has 0 amide bonds. The van der Waals surface area contributed by atoms with Crippen molar-refractivity contribution in [3.63, 3.8) is 0 Å². The molecule has 0 unspecified atom stereocenters. The number of ether oxygens (including phenoxy) is 1. The summed E-state index contributed by atoms with van der Waals surface area (Å²) >= 11 is 0. The number of pyridine rings is 1. The van der Waals surface area contributed by atoms with Gasteiger partial charge in [0.05, 0.1) is 11.1 Å². The predicted molar refractivity (Wildman–Crippen MR) is 161 cm³/mol. The third-order valence-corrected chi connectivity index (χ3v) is 9.18. The van der Waals surface area contributed by atoms with E-state index in [4.69, 9.17) is 9.72 Å². The SMILES string of the molecule is Cc1c2c(cc3cc(CC(C)C)ccc13)-c1nccc3c1c(cc1ccc(C4CCC(C)(C)CC4)cc13)O2. The first-order valence-electron chi connectivity index (χ1n) is 14.4. The van der Waals surface area contributed by atoms with Crippen molar-refractivity contribution in [2.24, 2.45) is 11.3 Å². The molecule has 1 saturated carbocycles. The number of aryl methyl sites for hydroxylation is 1. The van der Waals surface area contributed by atoms with Gasteiger partial charge in [0.15, 0.2) is 0 Å². The van der Waals surface area contributed by atoms with Crippen molar-refractivity contribution >= 4 is 32.3 Å². The quantitative estimate of drug-likeness (QED) is 0.226. The van der Waals surface area contributed by atoms with Crippen LogP contribution in [0.15, 0.2) is 60.8 Å². The molecular weight excluding hydrogens is 462 g/mol. The van der Waals surface area contributed by atoms with Crippen LogP contribution < -0.4 is 4.74 Å². The van der Waals surface area contributed by atoms with E-state index in [2.05, 4.69) is 89.2 Å². The second-order valence-electron chi connectivity index (χ2n) is 13.0. The van der Waals surface area contributed by atoms with Gasteiger partial charge in [0.1, 0.15) is 11.5 Å². The average molecular weight is 500 g/mol. The molecular formula is C36H37NO. The lowest BCUT2D eigenvalue weighted by atomic mass is 9.71. The van der Waals surface area contributed by atoms with Crippen LogP contribution in [-0.2, 0) is 6.42 Å². The summed E-state index contributed by atoms with van der Waals surface area (Å²) in [6, 6.07) is 20.7. The first-order chi connectivity index (χ1) is 18.3. The van der Waals surface area contributed by atoms with Gasteiger partial charge >= 0.3 is 0 Å². The van der Waals surface area contributed by atoms with Gasteiger partial charge in [-0.15, -0.1) is 0 Å². The monoisotopic (exact) mass is 499 g/mol. The van der Waals surface area contributed by atoms with Gasteiger partial charge in [-0.2, -0.15) is 0 Å². The van der Waals surface area contributed by atoms with E-state index in [1.165, 1.54) is 69.3 Å². The van der Waals surface area contributed by atoms with Crippen molar-refractivity contribution in [1.82, 2.24) is 4.98 Å². The van der Waals surface area contributed by atoms with Gasteiger partial charge < -0.3 is 4.74 Å². The zero-order valence-electron chi connectivity index (χ0n) is 23.3. The minimum absolute atomic E-state index is 0.481. The number of aromatic nitrogens is 1. The fourth-order valence-electron chi connectivity index (χ4n) is 6.99. The summed E-state index contributed by atoms with van der Waals surface area (Å²) in [7, 11) is 0. The number of hydrogen-bond acceptors (Lipinski definition) is 2. The maximum Gasteiger partial charge on any atom is 0.140 e. The lowest BCUT2D eigenvalue weighted by Crippen LogP contribution is -2.20. The van der Waals surface area contributed by atoms with Crippen LogP contribution in [0.5, 0.6) is 11.5 Å². The molecule has 1 aliphatic carbocycles. The van der Waals surface area contributed by atoms with Crippen LogP contribution in [0.4, 0.5) is 0 Å². The lowest BCUT2D eigenvalue weighted by molar-refractivity contribution is 0.224. The molecule has 4 aromatic carbocycles. The minimum atomic E-state index is 0.481.